The van der Waals surface area contributed by atoms with Crippen LogP contribution in [0.25, 0.3) is 10.2 Å². The fourth-order valence-corrected chi connectivity index (χ4v) is 4.51. The largest absolute Gasteiger partial charge is 0.497 e. The van der Waals surface area contributed by atoms with Crippen molar-refractivity contribution in [1.29, 1.82) is 0 Å². The maximum atomic E-state index is 13.9. The van der Waals surface area contributed by atoms with Gasteiger partial charge in [0.25, 0.3) is 5.91 Å². The quantitative estimate of drug-likeness (QED) is 0.447. The first-order valence-electron chi connectivity index (χ1n) is 10.6. The van der Waals surface area contributed by atoms with Crippen LogP contribution in [0.5, 0.6) is 11.5 Å². The molecule has 1 saturated heterocycles. The smallest absolute Gasteiger partial charge is 0.266 e. The summed E-state index contributed by atoms with van der Waals surface area (Å²) in [4.78, 5) is 21.7. The summed E-state index contributed by atoms with van der Waals surface area (Å²) in [6.07, 6.45) is 0.782. The van der Waals surface area contributed by atoms with Crippen LogP contribution >= 0.6 is 23.7 Å². The molecule has 0 unspecified atom stereocenters. The molecule has 0 aliphatic carbocycles. The highest BCUT2D eigenvalue weighted by molar-refractivity contribution is 7.22. The Labute approximate surface area is 202 Å². The van der Waals surface area contributed by atoms with Crippen molar-refractivity contribution in [3.05, 3.63) is 48.3 Å². The third-order valence-electron chi connectivity index (χ3n) is 5.26. The zero-order valence-corrected chi connectivity index (χ0v) is 20.0. The predicted molar refractivity (Wildman–Crippen MR) is 130 cm³/mol. The number of fused-ring (bicyclic) bond motifs is 1. The van der Waals surface area contributed by atoms with E-state index >= 15 is 0 Å². The highest BCUT2D eigenvalue weighted by Gasteiger charge is 2.21. The van der Waals surface area contributed by atoms with Gasteiger partial charge in [0, 0.05) is 32.2 Å². The Kier molecular flexibility index (Phi) is 9.25. The average Bonchev–Trinajstić information content (AvgIpc) is 3.24. The van der Waals surface area contributed by atoms with Crippen molar-refractivity contribution in [2.45, 2.75) is 6.42 Å². The van der Waals surface area contributed by atoms with E-state index in [1.807, 2.05) is 18.2 Å². The van der Waals surface area contributed by atoms with Gasteiger partial charge in [-0.3, -0.25) is 14.6 Å². The van der Waals surface area contributed by atoms with Crippen molar-refractivity contribution in [3.8, 4) is 11.5 Å². The molecule has 0 bridgehead atoms. The Balaban J connectivity index is 0.00000306. The maximum Gasteiger partial charge on any atom is 0.266 e. The third kappa shape index (κ3) is 6.54. The van der Waals surface area contributed by atoms with E-state index in [2.05, 4.69) is 9.88 Å². The number of halogens is 2. The molecule has 2 heterocycles. The number of benzene rings is 2. The summed E-state index contributed by atoms with van der Waals surface area (Å²) in [5, 5.41) is 0.595. The van der Waals surface area contributed by atoms with Gasteiger partial charge in [-0.2, -0.15) is 0 Å². The topological polar surface area (TPSA) is 64.1 Å². The fraction of sp³-hybridized carbons (Fsp3) is 0.391. The number of aromatic nitrogens is 1. The lowest BCUT2D eigenvalue weighted by Gasteiger charge is -2.27. The van der Waals surface area contributed by atoms with Crippen LogP contribution in [0.2, 0.25) is 0 Å². The van der Waals surface area contributed by atoms with Gasteiger partial charge >= 0.3 is 0 Å². The molecule has 1 amide bonds. The van der Waals surface area contributed by atoms with Crippen LogP contribution in [-0.4, -0.2) is 68.9 Å². The van der Waals surface area contributed by atoms with Crippen molar-refractivity contribution in [1.82, 2.24) is 9.88 Å². The summed E-state index contributed by atoms with van der Waals surface area (Å²) >= 11 is 1.44. The average molecular weight is 496 g/mol. The number of ether oxygens (including phenoxy) is 3. The second-order valence-corrected chi connectivity index (χ2v) is 8.41. The van der Waals surface area contributed by atoms with Crippen LogP contribution in [-0.2, 0) is 9.53 Å². The number of carbonyl (C=O) groups is 1. The minimum atomic E-state index is -0.494. The number of hydrogen-bond donors (Lipinski definition) is 0. The number of nitrogens with zero attached hydrogens (tertiary/aromatic N) is 3. The van der Waals surface area contributed by atoms with E-state index in [4.69, 9.17) is 14.2 Å². The Morgan fingerprint density at radius 1 is 1.24 bits per heavy atom. The Morgan fingerprint density at radius 3 is 2.79 bits per heavy atom. The lowest BCUT2D eigenvalue weighted by Crippen LogP contribution is -2.40. The summed E-state index contributed by atoms with van der Waals surface area (Å²) in [6.45, 7) is 4.35. The Morgan fingerprint density at radius 2 is 2.03 bits per heavy atom. The lowest BCUT2D eigenvalue weighted by molar-refractivity contribution is -0.120. The van der Waals surface area contributed by atoms with E-state index in [9.17, 15) is 9.18 Å². The second kappa shape index (κ2) is 12.1. The van der Waals surface area contributed by atoms with E-state index in [0.717, 1.165) is 49.5 Å². The van der Waals surface area contributed by atoms with Gasteiger partial charge in [-0.1, -0.05) is 23.5 Å². The Bertz CT molecular complexity index is 1060. The monoisotopic (exact) mass is 495 g/mol. The minimum absolute atomic E-state index is 0. The van der Waals surface area contributed by atoms with Crippen LogP contribution in [0.15, 0.2) is 42.5 Å². The number of hydrogen-bond acceptors (Lipinski definition) is 7. The molecule has 0 saturated carbocycles. The minimum Gasteiger partial charge on any atom is -0.497 e. The normalized spacial score (nSPS) is 14.0. The number of methoxy groups -OCH3 is 1. The summed E-state index contributed by atoms with van der Waals surface area (Å²) in [5.41, 5.74) is 0.769. The Hall–Kier alpha value is -2.46. The number of amides is 1. The molecule has 1 aliphatic rings. The lowest BCUT2D eigenvalue weighted by atomic mass is 10.3. The summed E-state index contributed by atoms with van der Waals surface area (Å²) in [5.74, 6) is 0.0121. The van der Waals surface area contributed by atoms with Crippen molar-refractivity contribution >= 4 is 45.0 Å². The number of para-hydroxylation sites is 1. The first-order valence-corrected chi connectivity index (χ1v) is 11.4. The summed E-state index contributed by atoms with van der Waals surface area (Å²) < 4.78 is 31.0. The highest BCUT2D eigenvalue weighted by Crippen LogP contribution is 2.31. The molecular weight excluding hydrogens is 469 g/mol. The number of thiazole rings is 1. The van der Waals surface area contributed by atoms with E-state index < -0.39 is 5.82 Å². The maximum absolute atomic E-state index is 13.9. The van der Waals surface area contributed by atoms with E-state index in [1.54, 1.807) is 24.1 Å². The molecule has 3 aromatic rings. The van der Waals surface area contributed by atoms with Gasteiger partial charge in [0.2, 0.25) is 0 Å². The zero-order valence-electron chi connectivity index (χ0n) is 18.4. The van der Waals surface area contributed by atoms with E-state index in [-0.39, 0.29) is 30.7 Å². The SMILES string of the molecule is COc1ccc2sc(N(CCCN3CCOCC3)C(=O)COc3ccccc3F)nc2c1.Cl. The van der Waals surface area contributed by atoms with Gasteiger partial charge in [0.1, 0.15) is 5.75 Å². The summed E-state index contributed by atoms with van der Waals surface area (Å²) in [6, 6.07) is 11.7. The van der Waals surface area contributed by atoms with Crippen molar-refractivity contribution < 1.29 is 23.4 Å². The first-order chi connectivity index (χ1) is 15.6. The van der Waals surface area contributed by atoms with Crippen LogP contribution in [0.1, 0.15) is 6.42 Å². The number of rotatable bonds is 9. The zero-order chi connectivity index (χ0) is 22.3. The van der Waals surface area contributed by atoms with E-state index in [1.165, 1.54) is 23.5 Å². The standard InChI is InChI=1S/C23H26FN3O4S.ClH/c1-29-17-7-8-21-19(15-17)25-23(32-21)27(10-4-9-26-11-13-30-14-12-26)22(28)16-31-20-6-3-2-5-18(20)24;/h2-3,5-8,15H,4,9-14,16H2,1H3;1H. The van der Waals surface area contributed by atoms with Crippen molar-refractivity contribution in [2.24, 2.45) is 0 Å². The molecule has 178 valence electrons. The summed E-state index contributed by atoms with van der Waals surface area (Å²) in [7, 11) is 1.61. The first kappa shape index (κ1) is 25.2. The molecule has 1 fully saturated rings. The van der Waals surface area contributed by atoms with Gasteiger partial charge in [-0.05, 0) is 30.7 Å². The molecule has 1 aliphatic heterocycles. The van der Waals surface area contributed by atoms with Crippen molar-refractivity contribution in [2.75, 3.05) is 58.0 Å². The highest BCUT2D eigenvalue weighted by atomic mass is 35.5. The molecule has 1 aromatic heterocycles. The van der Waals surface area contributed by atoms with Gasteiger partial charge in [-0.25, -0.2) is 9.37 Å². The molecule has 0 spiro atoms. The van der Waals surface area contributed by atoms with Gasteiger partial charge in [-0.15, -0.1) is 12.4 Å². The number of morpholine rings is 1. The number of carbonyl (C=O) groups excluding carboxylic acids is 1. The molecule has 0 atom stereocenters. The molecule has 0 radical (unpaired) electrons. The molecule has 7 nitrogen and oxygen atoms in total. The second-order valence-electron chi connectivity index (χ2n) is 7.40. The van der Waals surface area contributed by atoms with Gasteiger partial charge in [0.15, 0.2) is 23.3 Å². The van der Waals surface area contributed by atoms with Crippen LogP contribution in [0, 0.1) is 5.82 Å². The molecular formula is C23H27ClFN3O4S. The molecule has 4 rings (SSSR count). The fourth-order valence-electron chi connectivity index (χ4n) is 3.52. The predicted octanol–water partition coefficient (Wildman–Crippen LogP) is 4.00. The molecule has 33 heavy (non-hydrogen) atoms. The third-order valence-corrected chi connectivity index (χ3v) is 6.32. The molecule has 0 N–H and O–H groups in total. The number of anilines is 1. The van der Waals surface area contributed by atoms with Crippen LogP contribution in [0.4, 0.5) is 9.52 Å². The van der Waals surface area contributed by atoms with Crippen LogP contribution < -0.4 is 14.4 Å². The molecule has 10 heteroatoms. The van der Waals surface area contributed by atoms with Crippen LogP contribution in [0.3, 0.4) is 0 Å². The van der Waals surface area contributed by atoms with E-state index in [0.29, 0.717) is 17.4 Å². The van der Waals surface area contributed by atoms with Crippen molar-refractivity contribution in [3.63, 3.8) is 0 Å². The molecule has 2 aromatic carbocycles. The van der Waals surface area contributed by atoms with Gasteiger partial charge in [0.05, 0.1) is 30.5 Å². The van der Waals surface area contributed by atoms with Gasteiger partial charge < -0.3 is 14.2 Å².